The predicted molar refractivity (Wildman–Crippen MR) is 121 cm³/mol. The maximum Gasteiger partial charge on any atom is 0.342 e. The Morgan fingerprint density at radius 3 is 2.39 bits per heavy atom. The summed E-state index contributed by atoms with van der Waals surface area (Å²) in [6.45, 7) is 7.56. The van der Waals surface area contributed by atoms with Gasteiger partial charge in [0.2, 0.25) is 5.91 Å². The Morgan fingerprint density at radius 1 is 1.10 bits per heavy atom. The van der Waals surface area contributed by atoms with E-state index in [4.69, 9.17) is 4.74 Å². The van der Waals surface area contributed by atoms with Gasteiger partial charge >= 0.3 is 11.9 Å². The van der Waals surface area contributed by atoms with Crippen molar-refractivity contribution in [3.8, 4) is 11.1 Å². The molecule has 0 bridgehead atoms. The van der Waals surface area contributed by atoms with Crippen LogP contribution in [-0.4, -0.2) is 29.1 Å². The zero-order valence-electron chi connectivity index (χ0n) is 18.1. The molecule has 7 heteroatoms. The summed E-state index contributed by atoms with van der Waals surface area (Å²) in [4.78, 5) is 37.5. The van der Waals surface area contributed by atoms with Gasteiger partial charge in [-0.1, -0.05) is 30.4 Å². The fourth-order valence-corrected chi connectivity index (χ4v) is 4.59. The van der Waals surface area contributed by atoms with Gasteiger partial charge in [0.05, 0.1) is 17.9 Å². The molecule has 2 aromatic rings. The highest BCUT2D eigenvalue weighted by molar-refractivity contribution is 7.15. The highest BCUT2D eigenvalue weighted by atomic mass is 32.1. The van der Waals surface area contributed by atoms with E-state index in [1.54, 1.807) is 19.9 Å². The number of hydrogen-bond acceptors (Lipinski definition) is 5. The highest BCUT2D eigenvalue weighted by Crippen LogP contribution is 2.38. The van der Waals surface area contributed by atoms with Gasteiger partial charge in [-0.25, -0.2) is 4.79 Å². The lowest BCUT2D eigenvalue weighted by Crippen LogP contribution is -2.34. The number of thiophene rings is 1. The molecule has 1 aliphatic carbocycles. The van der Waals surface area contributed by atoms with Crippen LogP contribution in [0.4, 0.5) is 5.00 Å². The number of benzene rings is 1. The molecule has 0 spiro atoms. The zero-order chi connectivity index (χ0) is 22.7. The third-order valence-electron chi connectivity index (χ3n) is 5.48. The van der Waals surface area contributed by atoms with Crippen LogP contribution in [0.25, 0.3) is 11.1 Å². The Labute approximate surface area is 185 Å². The number of aryl methyl sites for hydroxylation is 2. The summed E-state index contributed by atoms with van der Waals surface area (Å²) in [6, 6.07) is 5.93. The summed E-state index contributed by atoms with van der Waals surface area (Å²) >= 11 is 1.24. The standard InChI is InChI=1S/C24H27NO5S/c1-13(2)30-24(29)20-19(16-10-9-14(3)15(4)11-16)12-31-22(20)25-21(26)17-7-5-6-8-18(17)23(27)28/h5-6,9-13,17-18H,7-8H2,1-4H3,(H,25,26)(H,27,28). The number of amides is 1. The van der Waals surface area contributed by atoms with Crippen molar-refractivity contribution in [3.05, 3.63) is 52.4 Å². The van der Waals surface area contributed by atoms with Crippen LogP contribution < -0.4 is 5.32 Å². The van der Waals surface area contributed by atoms with E-state index in [-0.39, 0.29) is 6.10 Å². The van der Waals surface area contributed by atoms with Crippen molar-refractivity contribution in [2.24, 2.45) is 11.8 Å². The van der Waals surface area contributed by atoms with Gasteiger partial charge in [0.25, 0.3) is 0 Å². The summed E-state index contributed by atoms with van der Waals surface area (Å²) in [5.41, 5.74) is 4.08. The van der Waals surface area contributed by atoms with Gasteiger partial charge in [0, 0.05) is 10.9 Å². The van der Waals surface area contributed by atoms with Gasteiger partial charge in [-0.3, -0.25) is 9.59 Å². The largest absolute Gasteiger partial charge is 0.481 e. The molecule has 1 aromatic heterocycles. The average molecular weight is 442 g/mol. The Morgan fingerprint density at radius 2 is 1.77 bits per heavy atom. The number of allylic oxidation sites excluding steroid dienone is 2. The van der Waals surface area contributed by atoms with E-state index in [0.717, 1.165) is 16.7 Å². The van der Waals surface area contributed by atoms with Crippen molar-refractivity contribution < 1.29 is 24.2 Å². The number of carboxylic acids is 1. The van der Waals surface area contributed by atoms with Crippen LogP contribution in [-0.2, 0) is 14.3 Å². The number of carbonyl (C=O) groups is 3. The lowest BCUT2D eigenvalue weighted by atomic mass is 9.82. The summed E-state index contributed by atoms with van der Waals surface area (Å²) < 4.78 is 5.45. The Hall–Kier alpha value is -2.93. The summed E-state index contributed by atoms with van der Waals surface area (Å²) in [5.74, 6) is -3.38. The second kappa shape index (κ2) is 9.47. The van der Waals surface area contributed by atoms with E-state index in [2.05, 4.69) is 5.32 Å². The number of nitrogens with one attached hydrogen (secondary N) is 1. The molecule has 0 fully saturated rings. The normalized spacial score (nSPS) is 18.1. The van der Waals surface area contributed by atoms with Crippen LogP contribution >= 0.6 is 11.3 Å². The molecule has 2 atom stereocenters. The fourth-order valence-electron chi connectivity index (χ4n) is 3.63. The van der Waals surface area contributed by atoms with Crippen LogP contribution in [0.5, 0.6) is 0 Å². The quantitative estimate of drug-likeness (QED) is 0.475. The number of ether oxygens (including phenoxy) is 1. The van der Waals surface area contributed by atoms with Gasteiger partial charge in [0.15, 0.2) is 0 Å². The number of hydrogen-bond donors (Lipinski definition) is 2. The number of carboxylic acid groups (broad SMARTS) is 1. The number of anilines is 1. The maximum atomic E-state index is 13.0. The average Bonchev–Trinajstić information content (AvgIpc) is 3.13. The molecule has 1 aromatic carbocycles. The van der Waals surface area contributed by atoms with Gasteiger partial charge in [-0.2, -0.15) is 0 Å². The van der Waals surface area contributed by atoms with Crippen LogP contribution in [0.1, 0.15) is 48.2 Å². The van der Waals surface area contributed by atoms with E-state index in [9.17, 15) is 19.5 Å². The summed E-state index contributed by atoms with van der Waals surface area (Å²) in [5, 5.41) is 14.5. The van der Waals surface area contributed by atoms with Crippen molar-refractivity contribution in [2.75, 3.05) is 5.32 Å². The first kappa shape index (κ1) is 22.7. The topological polar surface area (TPSA) is 92.7 Å². The highest BCUT2D eigenvalue weighted by Gasteiger charge is 2.35. The van der Waals surface area contributed by atoms with Crippen molar-refractivity contribution in [3.63, 3.8) is 0 Å². The lowest BCUT2D eigenvalue weighted by Gasteiger charge is -2.24. The van der Waals surface area contributed by atoms with Crippen LogP contribution in [0.3, 0.4) is 0 Å². The van der Waals surface area contributed by atoms with Gasteiger partial charge < -0.3 is 15.2 Å². The second-order valence-corrected chi connectivity index (χ2v) is 8.97. The number of rotatable bonds is 6. The number of esters is 1. The Bertz CT molecular complexity index is 1040. The monoisotopic (exact) mass is 441 g/mol. The second-order valence-electron chi connectivity index (χ2n) is 8.09. The molecule has 0 saturated carbocycles. The third kappa shape index (κ3) is 5.05. The molecule has 0 aliphatic heterocycles. The first-order chi connectivity index (χ1) is 14.7. The predicted octanol–water partition coefficient (Wildman–Crippen LogP) is 5.20. The molecule has 0 saturated heterocycles. The summed E-state index contributed by atoms with van der Waals surface area (Å²) in [7, 11) is 0. The SMILES string of the molecule is Cc1ccc(-c2csc(NC(=O)C3CC=CCC3C(=O)O)c2C(=O)OC(C)C)cc1C. The van der Waals surface area contributed by atoms with Crippen molar-refractivity contribution >= 4 is 34.2 Å². The van der Waals surface area contributed by atoms with E-state index >= 15 is 0 Å². The Balaban J connectivity index is 1.98. The van der Waals surface area contributed by atoms with Crippen LogP contribution in [0.15, 0.2) is 35.7 Å². The van der Waals surface area contributed by atoms with Crippen LogP contribution in [0, 0.1) is 25.7 Å². The summed E-state index contributed by atoms with van der Waals surface area (Å²) in [6.07, 6.45) is 3.96. The van der Waals surface area contributed by atoms with E-state index in [1.807, 2.05) is 43.5 Å². The molecule has 2 N–H and O–H groups in total. The van der Waals surface area contributed by atoms with Gasteiger partial charge in [0.1, 0.15) is 10.6 Å². The fraction of sp³-hybridized carbons (Fsp3) is 0.375. The van der Waals surface area contributed by atoms with Gasteiger partial charge in [-0.15, -0.1) is 11.3 Å². The van der Waals surface area contributed by atoms with E-state index < -0.39 is 29.7 Å². The molecule has 0 radical (unpaired) electrons. The molecule has 2 unspecified atom stereocenters. The number of aliphatic carboxylic acids is 1. The molecule has 6 nitrogen and oxygen atoms in total. The molecule has 1 aliphatic rings. The van der Waals surface area contributed by atoms with Crippen molar-refractivity contribution in [2.45, 2.75) is 46.6 Å². The molecule has 3 rings (SSSR count). The van der Waals surface area contributed by atoms with Gasteiger partial charge in [-0.05, 0) is 57.2 Å². The maximum absolute atomic E-state index is 13.0. The zero-order valence-corrected chi connectivity index (χ0v) is 18.9. The minimum atomic E-state index is -0.994. The minimum absolute atomic E-state index is 0.300. The minimum Gasteiger partial charge on any atom is -0.481 e. The van der Waals surface area contributed by atoms with E-state index in [1.165, 1.54) is 11.3 Å². The lowest BCUT2D eigenvalue weighted by molar-refractivity contribution is -0.146. The first-order valence-electron chi connectivity index (χ1n) is 10.3. The van der Waals surface area contributed by atoms with Crippen molar-refractivity contribution in [1.82, 2.24) is 0 Å². The molecular formula is C24H27NO5S. The number of carbonyl (C=O) groups excluding carboxylic acids is 2. The molecule has 1 amide bonds. The van der Waals surface area contributed by atoms with Crippen LogP contribution in [0.2, 0.25) is 0 Å². The van der Waals surface area contributed by atoms with Crippen molar-refractivity contribution in [1.29, 1.82) is 0 Å². The smallest absolute Gasteiger partial charge is 0.342 e. The first-order valence-corrected chi connectivity index (χ1v) is 11.2. The molecule has 31 heavy (non-hydrogen) atoms. The molecule has 164 valence electrons. The third-order valence-corrected chi connectivity index (χ3v) is 6.37. The molecular weight excluding hydrogens is 414 g/mol. The molecule has 1 heterocycles. The Kier molecular flexibility index (Phi) is 6.95. The van der Waals surface area contributed by atoms with E-state index in [0.29, 0.717) is 29.0 Å².